The second-order valence-corrected chi connectivity index (χ2v) is 5.13. The standard InChI is InChI=1S/C14H19FN2O/c15-13-3-1-2-12(8-13)9-16-10-14(11-16)17-4-6-18-7-5-17/h1-3,8,14H,4-7,9-11H2. The van der Waals surface area contributed by atoms with Gasteiger partial charge in [0.2, 0.25) is 0 Å². The Morgan fingerprint density at radius 3 is 2.72 bits per heavy atom. The van der Waals surface area contributed by atoms with E-state index in [0.717, 1.165) is 51.5 Å². The second kappa shape index (κ2) is 5.34. The third-order valence-electron chi connectivity index (χ3n) is 3.80. The Bertz CT molecular complexity index is 401. The first-order chi connectivity index (χ1) is 8.81. The number of ether oxygens (including phenoxy) is 1. The summed E-state index contributed by atoms with van der Waals surface area (Å²) < 4.78 is 18.4. The fraction of sp³-hybridized carbons (Fsp3) is 0.571. The average molecular weight is 250 g/mol. The smallest absolute Gasteiger partial charge is 0.123 e. The van der Waals surface area contributed by atoms with Gasteiger partial charge in [0.25, 0.3) is 0 Å². The molecule has 0 aromatic heterocycles. The first-order valence-corrected chi connectivity index (χ1v) is 6.60. The van der Waals surface area contributed by atoms with Crippen LogP contribution in [-0.2, 0) is 11.3 Å². The van der Waals surface area contributed by atoms with Crippen molar-refractivity contribution in [2.24, 2.45) is 0 Å². The lowest BCUT2D eigenvalue weighted by Gasteiger charge is -2.46. The highest BCUT2D eigenvalue weighted by Gasteiger charge is 2.32. The maximum Gasteiger partial charge on any atom is 0.123 e. The highest BCUT2D eigenvalue weighted by molar-refractivity contribution is 5.16. The summed E-state index contributed by atoms with van der Waals surface area (Å²) in [5, 5.41) is 0. The van der Waals surface area contributed by atoms with Gasteiger partial charge in [0.05, 0.1) is 13.2 Å². The number of likely N-dealkylation sites (tertiary alicyclic amines) is 1. The molecule has 98 valence electrons. The first-order valence-electron chi connectivity index (χ1n) is 6.60. The fourth-order valence-electron chi connectivity index (χ4n) is 2.74. The summed E-state index contributed by atoms with van der Waals surface area (Å²) in [6.45, 7) is 6.88. The molecule has 18 heavy (non-hydrogen) atoms. The Labute approximate surface area is 107 Å². The number of nitrogens with zero attached hydrogens (tertiary/aromatic N) is 2. The van der Waals surface area contributed by atoms with Gasteiger partial charge in [-0.1, -0.05) is 12.1 Å². The molecule has 2 aliphatic rings. The van der Waals surface area contributed by atoms with Gasteiger partial charge in [-0.15, -0.1) is 0 Å². The monoisotopic (exact) mass is 250 g/mol. The van der Waals surface area contributed by atoms with Crippen LogP contribution in [-0.4, -0.2) is 55.2 Å². The van der Waals surface area contributed by atoms with Crippen LogP contribution < -0.4 is 0 Å². The van der Waals surface area contributed by atoms with Crippen LogP contribution in [0.5, 0.6) is 0 Å². The van der Waals surface area contributed by atoms with E-state index in [1.807, 2.05) is 6.07 Å². The summed E-state index contributed by atoms with van der Waals surface area (Å²) in [6, 6.07) is 7.57. The van der Waals surface area contributed by atoms with Gasteiger partial charge in [0, 0.05) is 38.8 Å². The van der Waals surface area contributed by atoms with Crippen molar-refractivity contribution >= 4 is 0 Å². The number of morpholine rings is 1. The molecule has 2 heterocycles. The predicted octanol–water partition coefficient (Wildman–Crippen LogP) is 1.34. The molecule has 0 aliphatic carbocycles. The van der Waals surface area contributed by atoms with Gasteiger partial charge in [-0.25, -0.2) is 4.39 Å². The number of benzene rings is 1. The fourth-order valence-corrected chi connectivity index (χ4v) is 2.74. The van der Waals surface area contributed by atoms with E-state index in [0.29, 0.717) is 6.04 Å². The van der Waals surface area contributed by atoms with Gasteiger partial charge < -0.3 is 4.74 Å². The molecule has 0 amide bonds. The van der Waals surface area contributed by atoms with Gasteiger partial charge in [-0.2, -0.15) is 0 Å². The molecule has 2 aliphatic heterocycles. The zero-order valence-corrected chi connectivity index (χ0v) is 10.5. The number of hydrogen-bond acceptors (Lipinski definition) is 3. The largest absolute Gasteiger partial charge is 0.379 e. The van der Waals surface area contributed by atoms with Crippen molar-refractivity contribution in [1.82, 2.24) is 9.80 Å². The lowest BCUT2D eigenvalue weighted by molar-refractivity contribution is -0.0344. The summed E-state index contributed by atoms with van der Waals surface area (Å²) in [5.41, 5.74) is 1.07. The number of rotatable bonds is 3. The number of hydrogen-bond donors (Lipinski definition) is 0. The molecule has 3 rings (SSSR count). The SMILES string of the molecule is Fc1cccc(CN2CC(N3CCOCC3)C2)c1. The molecule has 0 spiro atoms. The van der Waals surface area contributed by atoms with Crippen LogP contribution in [0.25, 0.3) is 0 Å². The van der Waals surface area contributed by atoms with E-state index >= 15 is 0 Å². The van der Waals surface area contributed by atoms with Crippen LogP contribution in [0.3, 0.4) is 0 Å². The summed E-state index contributed by atoms with van der Waals surface area (Å²) >= 11 is 0. The van der Waals surface area contributed by atoms with Crippen LogP contribution in [0, 0.1) is 5.82 Å². The molecule has 3 nitrogen and oxygen atoms in total. The second-order valence-electron chi connectivity index (χ2n) is 5.13. The molecule has 1 aromatic rings. The van der Waals surface area contributed by atoms with E-state index in [1.54, 1.807) is 12.1 Å². The predicted molar refractivity (Wildman–Crippen MR) is 67.9 cm³/mol. The van der Waals surface area contributed by atoms with Crippen molar-refractivity contribution in [3.05, 3.63) is 35.6 Å². The van der Waals surface area contributed by atoms with Crippen LogP contribution >= 0.6 is 0 Å². The molecule has 0 N–H and O–H groups in total. The first kappa shape index (κ1) is 12.1. The van der Waals surface area contributed by atoms with E-state index in [2.05, 4.69) is 9.80 Å². The Kier molecular flexibility index (Phi) is 3.59. The van der Waals surface area contributed by atoms with E-state index in [9.17, 15) is 4.39 Å². The summed E-state index contributed by atoms with van der Waals surface area (Å²) in [4.78, 5) is 4.88. The number of halogens is 1. The van der Waals surface area contributed by atoms with Crippen molar-refractivity contribution in [2.45, 2.75) is 12.6 Å². The van der Waals surface area contributed by atoms with Crippen molar-refractivity contribution < 1.29 is 9.13 Å². The summed E-state index contributed by atoms with van der Waals surface area (Å²) in [7, 11) is 0. The van der Waals surface area contributed by atoms with Crippen molar-refractivity contribution in [3.8, 4) is 0 Å². The van der Waals surface area contributed by atoms with Crippen LogP contribution in [0.15, 0.2) is 24.3 Å². The Hall–Kier alpha value is -0.970. The van der Waals surface area contributed by atoms with E-state index in [4.69, 9.17) is 4.74 Å². The van der Waals surface area contributed by atoms with E-state index in [1.165, 1.54) is 6.07 Å². The molecular formula is C14H19FN2O. The molecule has 0 unspecified atom stereocenters. The molecule has 2 fully saturated rings. The van der Waals surface area contributed by atoms with Gasteiger partial charge in [-0.05, 0) is 17.7 Å². The van der Waals surface area contributed by atoms with Gasteiger partial charge in [0.1, 0.15) is 5.82 Å². The van der Waals surface area contributed by atoms with Crippen LogP contribution in [0.4, 0.5) is 4.39 Å². The van der Waals surface area contributed by atoms with E-state index in [-0.39, 0.29) is 5.82 Å². The molecule has 0 radical (unpaired) electrons. The topological polar surface area (TPSA) is 15.7 Å². The quantitative estimate of drug-likeness (QED) is 0.805. The van der Waals surface area contributed by atoms with E-state index < -0.39 is 0 Å². The van der Waals surface area contributed by atoms with Crippen LogP contribution in [0.1, 0.15) is 5.56 Å². The maximum atomic E-state index is 13.1. The lowest BCUT2D eigenvalue weighted by atomic mass is 10.0. The van der Waals surface area contributed by atoms with Crippen LogP contribution in [0.2, 0.25) is 0 Å². The normalized spacial score (nSPS) is 22.9. The Balaban J connectivity index is 1.47. The molecule has 4 heteroatoms. The third-order valence-corrected chi connectivity index (χ3v) is 3.80. The Morgan fingerprint density at radius 2 is 2.00 bits per heavy atom. The minimum Gasteiger partial charge on any atom is -0.379 e. The zero-order valence-electron chi connectivity index (χ0n) is 10.5. The van der Waals surface area contributed by atoms with Gasteiger partial charge in [-0.3, -0.25) is 9.80 Å². The third kappa shape index (κ3) is 2.71. The summed E-state index contributed by atoms with van der Waals surface area (Å²) in [5.74, 6) is -0.141. The summed E-state index contributed by atoms with van der Waals surface area (Å²) in [6.07, 6.45) is 0. The van der Waals surface area contributed by atoms with Crippen molar-refractivity contribution in [2.75, 3.05) is 39.4 Å². The van der Waals surface area contributed by atoms with Gasteiger partial charge in [0.15, 0.2) is 0 Å². The Morgan fingerprint density at radius 1 is 1.22 bits per heavy atom. The molecule has 1 aromatic carbocycles. The maximum absolute atomic E-state index is 13.1. The van der Waals surface area contributed by atoms with Crippen molar-refractivity contribution in [1.29, 1.82) is 0 Å². The molecule has 0 saturated carbocycles. The van der Waals surface area contributed by atoms with Crippen molar-refractivity contribution in [3.63, 3.8) is 0 Å². The highest BCUT2D eigenvalue weighted by Crippen LogP contribution is 2.19. The lowest BCUT2D eigenvalue weighted by Crippen LogP contribution is -2.60. The minimum atomic E-state index is -0.141. The highest BCUT2D eigenvalue weighted by atomic mass is 19.1. The van der Waals surface area contributed by atoms with Gasteiger partial charge >= 0.3 is 0 Å². The molecule has 2 saturated heterocycles. The minimum absolute atomic E-state index is 0.141. The molecule has 0 atom stereocenters. The average Bonchev–Trinajstić information content (AvgIpc) is 2.34. The molecule has 0 bridgehead atoms. The zero-order chi connectivity index (χ0) is 12.4. The molecular weight excluding hydrogens is 231 g/mol.